The molecule has 1 atom stereocenters. The zero-order chi connectivity index (χ0) is 16.4. The molecule has 0 saturated heterocycles. The van der Waals surface area contributed by atoms with Crippen molar-refractivity contribution >= 4 is 28.5 Å². The number of aliphatic hydroxyl groups excluding tert-OH is 1. The summed E-state index contributed by atoms with van der Waals surface area (Å²) in [7, 11) is 2.00. The molecule has 5 heteroatoms. The molecule has 0 bridgehead atoms. The van der Waals surface area contributed by atoms with Crippen molar-refractivity contribution in [1.29, 1.82) is 0 Å². The van der Waals surface area contributed by atoms with Gasteiger partial charge in [-0.2, -0.15) is 0 Å². The first kappa shape index (κ1) is 16.4. The topological polar surface area (TPSA) is 52.6 Å². The molecule has 0 radical (unpaired) electrons. The van der Waals surface area contributed by atoms with Crippen molar-refractivity contribution in [1.82, 2.24) is 10.2 Å². The van der Waals surface area contributed by atoms with Crippen LogP contribution >= 0.6 is 22.6 Å². The predicted molar refractivity (Wildman–Crippen MR) is 98.1 cm³/mol. The van der Waals surface area contributed by atoms with Crippen LogP contribution in [0.4, 0.5) is 0 Å². The Kier molecular flexibility index (Phi) is 4.99. The fourth-order valence-corrected chi connectivity index (χ4v) is 3.92. The molecule has 1 aliphatic heterocycles. The molecule has 0 aliphatic carbocycles. The number of nitrogens with zero attached hydrogens (tertiary/aromatic N) is 1. The number of hydrogen-bond donors (Lipinski definition) is 2. The van der Waals surface area contributed by atoms with Gasteiger partial charge in [0.15, 0.2) is 0 Å². The van der Waals surface area contributed by atoms with Crippen molar-refractivity contribution in [2.45, 2.75) is 19.2 Å². The van der Waals surface area contributed by atoms with Gasteiger partial charge in [-0.3, -0.25) is 9.69 Å². The molecule has 0 saturated carbocycles. The van der Waals surface area contributed by atoms with Gasteiger partial charge in [0.25, 0.3) is 5.91 Å². The number of halogens is 1. The summed E-state index contributed by atoms with van der Waals surface area (Å²) < 4.78 is 0.988. The number of carbonyl (C=O) groups excluding carboxylic acids is 1. The highest BCUT2D eigenvalue weighted by Gasteiger charge is 2.22. The monoisotopic (exact) mass is 422 g/mol. The van der Waals surface area contributed by atoms with Gasteiger partial charge in [0, 0.05) is 23.2 Å². The Hall–Kier alpha value is -1.44. The normalized spacial score (nSPS) is 14.7. The maximum absolute atomic E-state index is 11.8. The van der Waals surface area contributed by atoms with E-state index in [0.717, 1.165) is 32.4 Å². The van der Waals surface area contributed by atoms with Gasteiger partial charge in [-0.1, -0.05) is 36.4 Å². The third kappa shape index (κ3) is 3.73. The Morgan fingerprint density at radius 2 is 2.04 bits per heavy atom. The summed E-state index contributed by atoms with van der Waals surface area (Å²) in [5.74, 6) is 0.0174. The molecule has 1 unspecified atom stereocenters. The van der Waals surface area contributed by atoms with E-state index in [-0.39, 0.29) is 5.91 Å². The fraction of sp³-hybridized carbons (Fsp3) is 0.278. The number of benzene rings is 2. The van der Waals surface area contributed by atoms with E-state index in [9.17, 15) is 9.90 Å². The van der Waals surface area contributed by atoms with Crippen LogP contribution in [0.3, 0.4) is 0 Å². The van der Waals surface area contributed by atoms with Crippen LogP contribution in [0.15, 0.2) is 42.5 Å². The second kappa shape index (κ2) is 6.98. The molecule has 0 aromatic heterocycles. The summed E-state index contributed by atoms with van der Waals surface area (Å²) in [6.45, 7) is 1.91. The maximum atomic E-state index is 11.8. The molecule has 3 rings (SSSR count). The lowest BCUT2D eigenvalue weighted by Gasteiger charge is -2.21. The van der Waals surface area contributed by atoms with Gasteiger partial charge >= 0.3 is 0 Å². The number of carbonyl (C=O) groups is 1. The lowest BCUT2D eigenvalue weighted by molar-refractivity contribution is 0.0965. The molecule has 23 heavy (non-hydrogen) atoms. The highest BCUT2D eigenvalue weighted by atomic mass is 127. The number of rotatable bonds is 5. The van der Waals surface area contributed by atoms with Crippen LogP contribution in [-0.2, 0) is 13.1 Å². The molecule has 0 spiro atoms. The Bertz CT molecular complexity index is 718. The molecule has 1 amide bonds. The highest BCUT2D eigenvalue weighted by Crippen LogP contribution is 2.24. The summed E-state index contributed by atoms with van der Waals surface area (Å²) >= 11 is 2.22. The highest BCUT2D eigenvalue weighted by molar-refractivity contribution is 14.1. The third-order valence-corrected chi connectivity index (χ3v) is 4.87. The van der Waals surface area contributed by atoms with Crippen molar-refractivity contribution in [3.63, 3.8) is 0 Å². The number of fused-ring (bicyclic) bond motifs is 1. The number of nitrogens with one attached hydrogen (secondary N) is 1. The first-order chi connectivity index (χ1) is 11.0. The van der Waals surface area contributed by atoms with Gasteiger partial charge in [0.1, 0.15) is 0 Å². The number of hydrogen-bond acceptors (Lipinski definition) is 3. The van der Waals surface area contributed by atoms with Crippen LogP contribution in [0, 0.1) is 3.57 Å². The molecule has 2 N–H and O–H groups in total. The molecule has 120 valence electrons. The van der Waals surface area contributed by atoms with Crippen LogP contribution in [0.5, 0.6) is 0 Å². The van der Waals surface area contributed by atoms with E-state index < -0.39 is 6.10 Å². The quantitative estimate of drug-likeness (QED) is 0.729. The van der Waals surface area contributed by atoms with E-state index in [1.54, 1.807) is 0 Å². The molecule has 4 nitrogen and oxygen atoms in total. The predicted octanol–water partition coefficient (Wildman–Crippen LogP) is 2.70. The average Bonchev–Trinajstić information content (AvgIpc) is 2.89. The largest absolute Gasteiger partial charge is 0.387 e. The van der Waals surface area contributed by atoms with Crippen molar-refractivity contribution < 1.29 is 9.90 Å². The minimum absolute atomic E-state index is 0.0174. The molecule has 2 aromatic rings. The van der Waals surface area contributed by atoms with E-state index in [4.69, 9.17) is 0 Å². The molecule has 1 heterocycles. The molecule has 1 aliphatic rings. The number of aliphatic hydroxyl groups is 1. The maximum Gasteiger partial charge on any atom is 0.252 e. The van der Waals surface area contributed by atoms with Crippen molar-refractivity contribution in [2.24, 2.45) is 0 Å². The smallest absolute Gasteiger partial charge is 0.252 e. The summed E-state index contributed by atoms with van der Waals surface area (Å²) in [6.07, 6.45) is -0.502. The van der Waals surface area contributed by atoms with Gasteiger partial charge in [0.05, 0.1) is 11.7 Å². The first-order valence-electron chi connectivity index (χ1n) is 7.55. The lowest BCUT2D eigenvalue weighted by atomic mass is 10.1. The van der Waals surface area contributed by atoms with Crippen LogP contribution < -0.4 is 5.32 Å². The Morgan fingerprint density at radius 3 is 2.78 bits per heavy atom. The van der Waals surface area contributed by atoms with E-state index in [1.165, 1.54) is 0 Å². The van der Waals surface area contributed by atoms with Crippen LogP contribution in [0.25, 0.3) is 0 Å². The van der Waals surface area contributed by atoms with Gasteiger partial charge in [-0.25, -0.2) is 0 Å². The van der Waals surface area contributed by atoms with Crippen LogP contribution in [0.1, 0.15) is 33.2 Å². The van der Waals surface area contributed by atoms with Crippen LogP contribution in [0.2, 0.25) is 0 Å². The molecule has 0 fully saturated rings. The Labute approximate surface area is 149 Å². The minimum Gasteiger partial charge on any atom is -0.387 e. The summed E-state index contributed by atoms with van der Waals surface area (Å²) in [6, 6.07) is 13.8. The van der Waals surface area contributed by atoms with Gasteiger partial charge in [-0.15, -0.1) is 0 Å². The summed E-state index contributed by atoms with van der Waals surface area (Å²) in [4.78, 5) is 13.9. The molecule has 2 aromatic carbocycles. The second-order valence-electron chi connectivity index (χ2n) is 5.92. The number of likely N-dealkylation sites (N-methyl/N-ethyl adjacent to an activating group) is 1. The van der Waals surface area contributed by atoms with E-state index in [0.29, 0.717) is 13.1 Å². The van der Waals surface area contributed by atoms with Crippen molar-refractivity contribution in [3.8, 4) is 0 Å². The first-order valence-corrected chi connectivity index (χ1v) is 8.63. The zero-order valence-corrected chi connectivity index (χ0v) is 15.1. The SMILES string of the molecule is CN(Cc1cc(I)c2c(c1)CNC2=O)CC(O)c1ccccc1. The van der Waals surface area contributed by atoms with Gasteiger partial charge in [0.2, 0.25) is 0 Å². The fourth-order valence-electron chi connectivity index (χ4n) is 2.93. The molecular weight excluding hydrogens is 403 g/mol. The summed E-state index contributed by atoms with van der Waals surface area (Å²) in [5, 5.41) is 13.2. The Morgan fingerprint density at radius 1 is 1.30 bits per heavy atom. The van der Waals surface area contributed by atoms with Gasteiger partial charge < -0.3 is 10.4 Å². The van der Waals surface area contributed by atoms with Gasteiger partial charge in [-0.05, 0) is 52.4 Å². The lowest BCUT2D eigenvalue weighted by Crippen LogP contribution is -2.24. The zero-order valence-electron chi connectivity index (χ0n) is 12.9. The van der Waals surface area contributed by atoms with E-state index in [1.807, 2.05) is 37.4 Å². The van der Waals surface area contributed by atoms with E-state index in [2.05, 4.69) is 44.9 Å². The number of amides is 1. The van der Waals surface area contributed by atoms with Crippen molar-refractivity contribution in [2.75, 3.05) is 13.6 Å². The van der Waals surface area contributed by atoms with E-state index >= 15 is 0 Å². The summed E-state index contributed by atoms with van der Waals surface area (Å²) in [5.41, 5.74) is 3.96. The minimum atomic E-state index is -0.502. The second-order valence-corrected chi connectivity index (χ2v) is 7.08. The molecular formula is C18H19IN2O2. The Balaban J connectivity index is 1.68. The standard InChI is InChI=1S/C18H19IN2O2/c1-21(11-16(22)13-5-3-2-4-6-13)10-12-7-14-9-20-18(23)17(14)15(19)8-12/h2-8,16,22H,9-11H2,1H3,(H,20,23). The third-order valence-electron chi connectivity index (χ3n) is 4.02. The average molecular weight is 422 g/mol. The van der Waals surface area contributed by atoms with Crippen LogP contribution in [-0.4, -0.2) is 29.5 Å². The van der Waals surface area contributed by atoms with Crippen molar-refractivity contribution in [3.05, 3.63) is 68.3 Å².